The smallest absolute Gasteiger partial charge is 0.161 e. The minimum atomic E-state index is 0.506. The molecule has 1 fully saturated rings. The predicted octanol–water partition coefficient (Wildman–Crippen LogP) is 3.37. The van der Waals surface area contributed by atoms with Crippen LogP contribution in [0.3, 0.4) is 0 Å². The van der Waals surface area contributed by atoms with Crippen molar-refractivity contribution in [2.75, 3.05) is 27.3 Å². The topological polar surface area (TPSA) is 30.5 Å². The lowest BCUT2D eigenvalue weighted by atomic mass is 9.86. The van der Waals surface area contributed by atoms with E-state index in [9.17, 15) is 0 Å². The van der Waals surface area contributed by atoms with Gasteiger partial charge in [0.05, 0.1) is 14.2 Å². The molecule has 0 unspecified atom stereocenters. The molecule has 3 nitrogen and oxygen atoms in total. The fourth-order valence-electron chi connectivity index (χ4n) is 3.05. The Bertz CT molecular complexity index is 437. The standard InChI is InChI=1S/C17H27NO2/c1-12(2)15-11-17(20-4)16(19-3)10-14(15)9-13-5-7-18-8-6-13/h10-13,18H,5-9H2,1-4H3. The molecular weight excluding hydrogens is 250 g/mol. The average Bonchev–Trinajstić information content (AvgIpc) is 2.47. The summed E-state index contributed by atoms with van der Waals surface area (Å²) in [7, 11) is 3.41. The molecule has 0 saturated carbocycles. The first kappa shape index (κ1) is 15.2. The van der Waals surface area contributed by atoms with Crippen LogP contribution in [0.2, 0.25) is 0 Å². The van der Waals surface area contributed by atoms with Crippen molar-refractivity contribution < 1.29 is 9.47 Å². The van der Waals surface area contributed by atoms with Crippen molar-refractivity contribution >= 4 is 0 Å². The van der Waals surface area contributed by atoms with E-state index in [-0.39, 0.29) is 0 Å². The summed E-state index contributed by atoms with van der Waals surface area (Å²) < 4.78 is 10.9. The molecule has 0 radical (unpaired) electrons. The maximum absolute atomic E-state index is 5.46. The SMILES string of the molecule is COc1cc(CC2CCNCC2)c(C(C)C)cc1OC. The van der Waals surface area contributed by atoms with E-state index in [0.717, 1.165) is 36.9 Å². The van der Waals surface area contributed by atoms with Crippen molar-refractivity contribution in [1.82, 2.24) is 5.32 Å². The van der Waals surface area contributed by atoms with E-state index in [1.807, 2.05) is 0 Å². The van der Waals surface area contributed by atoms with Gasteiger partial charge in [-0.2, -0.15) is 0 Å². The monoisotopic (exact) mass is 277 g/mol. The third-order valence-corrected chi connectivity index (χ3v) is 4.23. The van der Waals surface area contributed by atoms with Crippen LogP contribution in [0.25, 0.3) is 0 Å². The van der Waals surface area contributed by atoms with Crippen molar-refractivity contribution in [2.24, 2.45) is 5.92 Å². The second kappa shape index (κ2) is 6.98. The number of hydrogen-bond donors (Lipinski definition) is 1. The van der Waals surface area contributed by atoms with Crippen LogP contribution in [0.5, 0.6) is 11.5 Å². The van der Waals surface area contributed by atoms with Gasteiger partial charge in [0.15, 0.2) is 11.5 Å². The number of methoxy groups -OCH3 is 2. The van der Waals surface area contributed by atoms with Crippen LogP contribution in [0, 0.1) is 5.92 Å². The van der Waals surface area contributed by atoms with Crippen LogP contribution in [0.4, 0.5) is 0 Å². The Hall–Kier alpha value is -1.22. The molecule has 0 aliphatic carbocycles. The molecule has 0 atom stereocenters. The quantitative estimate of drug-likeness (QED) is 0.895. The summed E-state index contributed by atoms with van der Waals surface area (Å²) in [4.78, 5) is 0. The zero-order chi connectivity index (χ0) is 14.5. The number of benzene rings is 1. The van der Waals surface area contributed by atoms with Gasteiger partial charge >= 0.3 is 0 Å². The van der Waals surface area contributed by atoms with Crippen LogP contribution < -0.4 is 14.8 Å². The zero-order valence-corrected chi connectivity index (χ0v) is 13.2. The second-order valence-electron chi connectivity index (χ2n) is 5.96. The number of ether oxygens (including phenoxy) is 2. The Morgan fingerprint density at radius 1 is 1.10 bits per heavy atom. The van der Waals surface area contributed by atoms with Gasteiger partial charge in [-0.05, 0) is 67.4 Å². The van der Waals surface area contributed by atoms with Crippen LogP contribution in [0.1, 0.15) is 43.7 Å². The first-order valence-corrected chi connectivity index (χ1v) is 7.61. The van der Waals surface area contributed by atoms with Gasteiger partial charge in [-0.1, -0.05) is 13.8 Å². The molecule has 1 aliphatic heterocycles. The molecule has 112 valence electrons. The van der Waals surface area contributed by atoms with E-state index in [0.29, 0.717) is 5.92 Å². The van der Waals surface area contributed by atoms with Gasteiger partial charge in [-0.3, -0.25) is 0 Å². The van der Waals surface area contributed by atoms with E-state index in [1.54, 1.807) is 14.2 Å². The van der Waals surface area contributed by atoms with Crippen LogP contribution in [-0.2, 0) is 6.42 Å². The maximum Gasteiger partial charge on any atom is 0.161 e. The van der Waals surface area contributed by atoms with Crippen molar-refractivity contribution in [1.29, 1.82) is 0 Å². The van der Waals surface area contributed by atoms with Gasteiger partial charge in [-0.25, -0.2) is 0 Å². The molecule has 1 aromatic rings. The molecule has 20 heavy (non-hydrogen) atoms. The van der Waals surface area contributed by atoms with Gasteiger partial charge in [0.1, 0.15) is 0 Å². The maximum atomic E-state index is 5.46. The van der Waals surface area contributed by atoms with Gasteiger partial charge < -0.3 is 14.8 Å². The van der Waals surface area contributed by atoms with Gasteiger partial charge in [0.2, 0.25) is 0 Å². The highest BCUT2D eigenvalue weighted by Gasteiger charge is 2.19. The minimum absolute atomic E-state index is 0.506. The zero-order valence-electron chi connectivity index (χ0n) is 13.2. The van der Waals surface area contributed by atoms with E-state index in [4.69, 9.17) is 9.47 Å². The molecule has 1 saturated heterocycles. The van der Waals surface area contributed by atoms with Crippen LogP contribution in [0.15, 0.2) is 12.1 Å². The molecule has 3 heteroatoms. The highest BCUT2D eigenvalue weighted by Crippen LogP contribution is 2.35. The summed E-state index contributed by atoms with van der Waals surface area (Å²) in [6.45, 7) is 6.78. The van der Waals surface area contributed by atoms with Gasteiger partial charge in [-0.15, -0.1) is 0 Å². The third kappa shape index (κ3) is 3.45. The van der Waals surface area contributed by atoms with E-state index in [1.165, 1.54) is 24.0 Å². The van der Waals surface area contributed by atoms with Crippen molar-refractivity contribution in [3.05, 3.63) is 23.3 Å². The van der Waals surface area contributed by atoms with Crippen molar-refractivity contribution in [3.63, 3.8) is 0 Å². The summed E-state index contributed by atoms with van der Waals surface area (Å²) in [5.74, 6) is 2.98. The molecule has 2 rings (SSSR count). The van der Waals surface area contributed by atoms with Gasteiger partial charge in [0.25, 0.3) is 0 Å². The Balaban J connectivity index is 2.28. The summed E-state index contributed by atoms with van der Waals surface area (Å²) in [5, 5.41) is 3.43. The summed E-state index contributed by atoms with van der Waals surface area (Å²) in [6.07, 6.45) is 3.69. The molecule has 1 heterocycles. The average molecular weight is 277 g/mol. The first-order chi connectivity index (χ1) is 9.65. The largest absolute Gasteiger partial charge is 0.493 e. The molecule has 0 spiro atoms. The normalized spacial score (nSPS) is 16.4. The Morgan fingerprint density at radius 2 is 1.70 bits per heavy atom. The number of rotatable bonds is 5. The number of nitrogens with one attached hydrogen (secondary N) is 1. The lowest BCUT2D eigenvalue weighted by molar-refractivity contribution is 0.350. The van der Waals surface area contributed by atoms with Crippen molar-refractivity contribution in [2.45, 2.75) is 39.0 Å². The van der Waals surface area contributed by atoms with Gasteiger partial charge in [0, 0.05) is 0 Å². The summed E-state index contributed by atoms with van der Waals surface area (Å²) >= 11 is 0. The Morgan fingerprint density at radius 3 is 2.25 bits per heavy atom. The molecule has 0 amide bonds. The third-order valence-electron chi connectivity index (χ3n) is 4.23. The fourth-order valence-corrected chi connectivity index (χ4v) is 3.05. The highest BCUT2D eigenvalue weighted by molar-refractivity contribution is 5.48. The summed E-state index contributed by atoms with van der Waals surface area (Å²) in [5.41, 5.74) is 2.81. The highest BCUT2D eigenvalue weighted by atomic mass is 16.5. The minimum Gasteiger partial charge on any atom is -0.493 e. The first-order valence-electron chi connectivity index (χ1n) is 7.61. The molecule has 1 aliphatic rings. The molecule has 0 bridgehead atoms. The second-order valence-corrected chi connectivity index (χ2v) is 5.96. The van der Waals surface area contributed by atoms with Crippen LogP contribution in [-0.4, -0.2) is 27.3 Å². The molecule has 0 aromatic heterocycles. The van der Waals surface area contributed by atoms with E-state index in [2.05, 4.69) is 31.3 Å². The van der Waals surface area contributed by atoms with Crippen molar-refractivity contribution in [3.8, 4) is 11.5 Å². The lowest BCUT2D eigenvalue weighted by Crippen LogP contribution is -2.28. The van der Waals surface area contributed by atoms with Crippen LogP contribution >= 0.6 is 0 Å². The number of hydrogen-bond acceptors (Lipinski definition) is 3. The lowest BCUT2D eigenvalue weighted by Gasteiger charge is -2.25. The Labute approximate surface area is 122 Å². The fraction of sp³-hybridized carbons (Fsp3) is 0.647. The Kier molecular flexibility index (Phi) is 5.30. The van der Waals surface area contributed by atoms with E-state index < -0.39 is 0 Å². The molecule has 1 N–H and O–H groups in total. The van der Waals surface area contributed by atoms with E-state index >= 15 is 0 Å². The molecular formula is C17H27NO2. The predicted molar refractivity (Wildman–Crippen MR) is 82.9 cm³/mol. The molecule has 1 aromatic carbocycles. The summed E-state index contributed by atoms with van der Waals surface area (Å²) in [6, 6.07) is 4.33. The number of piperidine rings is 1.